The van der Waals surface area contributed by atoms with Crippen LogP contribution in [0.3, 0.4) is 0 Å². The summed E-state index contributed by atoms with van der Waals surface area (Å²) in [7, 11) is 1.65. The van der Waals surface area contributed by atoms with Crippen LogP contribution in [-0.4, -0.2) is 19.7 Å². The number of carbonyl (C=O) groups is 1. The molecule has 2 amide bonds. The van der Waals surface area contributed by atoms with Crippen molar-refractivity contribution in [2.75, 3.05) is 19.0 Å². The Balaban J connectivity index is 1.54. The van der Waals surface area contributed by atoms with Crippen molar-refractivity contribution >= 4 is 11.7 Å². The number of nitrogens with one attached hydrogen (secondary N) is 2. The zero-order valence-corrected chi connectivity index (χ0v) is 15.7. The van der Waals surface area contributed by atoms with Gasteiger partial charge in [-0.3, -0.25) is 0 Å². The topological polar surface area (TPSA) is 50.4 Å². The summed E-state index contributed by atoms with van der Waals surface area (Å²) in [5, 5.41) is 5.71. The molecule has 0 unspecified atom stereocenters. The summed E-state index contributed by atoms with van der Waals surface area (Å²) in [5.41, 5.74) is 3.56. The fourth-order valence-corrected chi connectivity index (χ4v) is 2.74. The maximum absolute atomic E-state index is 12.2. The van der Waals surface area contributed by atoms with Crippen LogP contribution in [0.2, 0.25) is 0 Å². The van der Waals surface area contributed by atoms with Crippen LogP contribution < -0.4 is 15.4 Å². The molecular formula is C24H22N2O2. The Labute approximate surface area is 165 Å². The van der Waals surface area contributed by atoms with Gasteiger partial charge in [0.2, 0.25) is 0 Å². The molecule has 2 N–H and O–H groups in total. The normalized spacial score (nSPS) is 9.75. The van der Waals surface area contributed by atoms with Gasteiger partial charge in [-0.15, -0.1) is 0 Å². The maximum atomic E-state index is 12.2. The highest BCUT2D eigenvalue weighted by Crippen LogP contribution is 2.17. The predicted octanol–water partition coefficient (Wildman–Crippen LogP) is 4.46. The maximum Gasteiger partial charge on any atom is 0.319 e. The average Bonchev–Trinajstić information content (AvgIpc) is 2.73. The average molecular weight is 370 g/mol. The number of urea groups is 1. The Bertz CT molecular complexity index is 988. The van der Waals surface area contributed by atoms with Crippen LogP contribution >= 0.6 is 0 Å². The van der Waals surface area contributed by atoms with E-state index in [2.05, 4.69) is 22.5 Å². The molecule has 0 saturated heterocycles. The Morgan fingerprint density at radius 3 is 2.43 bits per heavy atom. The molecule has 28 heavy (non-hydrogen) atoms. The summed E-state index contributed by atoms with van der Waals surface area (Å²) in [6, 6.07) is 24.8. The van der Waals surface area contributed by atoms with Gasteiger partial charge in [-0.2, -0.15) is 0 Å². The molecule has 0 radical (unpaired) electrons. The van der Waals surface area contributed by atoms with Gasteiger partial charge in [-0.25, -0.2) is 4.79 Å². The number of amides is 2. The largest absolute Gasteiger partial charge is 0.496 e. The van der Waals surface area contributed by atoms with Gasteiger partial charge in [-0.05, 0) is 48.4 Å². The number of hydrogen-bond acceptors (Lipinski definition) is 2. The minimum absolute atomic E-state index is 0.247. The summed E-state index contributed by atoms with van der Waals surface area (Å²) >= 11 is 0. The number of methoxy groups -OCH3 is 1. The lowest BCUT2D eigenvalue weighted by Gasteiger charge is -2.10. The number of ether oxygens (including phenoxy) is 1. The first-order chi connectivity index (χ1) is 13.7. The number of carbonyl (C=O) groups excluding carboxylic acids is 1. The molecule has 0 bridgehead atoms. The van der Waals surface area contributed by atoms with Crippen molar-refractivity contribution in [1.82, 2.24) is 5.32 Å². The van der Waals surface area contributed by atoms with Gasteiger partial charge in [0, 0.05) is 23.4 Å². The van der Waals surface area contributed by atoms with Crippen LogP contribution in [0.4, 0.5) is 10.5 Å². The molecule has 3 aromatic rings. The minimum Gasteiger partial charge on any atom is -0.496 e. The third kappa shape index (κ3) is 5.65. The number of para-hydroxylation sites is 1. The molecule has 0 saturated carbocycles. The van der Waals surface area contributed by atoms with Gasteiger partial charge in [0.15, 0.2) is 0 Å². The molecule has 140 valence electrons. The first kappa shape index (κ1) is 19.1. The Morgan fingerprint density at radius 2 is 1.61 bits per heavy atom. The second-order valence-electron chi connectivity index (χ2n) is 6.14. The smallest absolute Gasteiger partial charge is 0.319 e. The molecule has 0 heterocycles. The quantitative estimate of drug-likeness (QED) is 0.652. The molecule has 4 heteroatoms. The second-order valence-corrected chi connectivity index (χ2v) is 6.14. The number of benzene rings is 3. The molecule has 0 spiro atoms. The standard InChI is InChI=1S/C24H22N2O2/c1-28-23-13-6-5-11-21(23)16-17-25-24(27)26-22-12-7-10-20(18-22)15-14-19-8-3-2-4-9-19/h2-13,18H,16-17H2,1H3,(H2,25,26,27). The predicted molar refractivity (Wildman–Crippen MR) is 113 cm³/mol. The van der Waals surface area contributed by atoms with Crippen LogP contribution in [0.1, 0.15) is 16.7 Å². The zero-order chi connectivity index (χ0) is 19.6. The van der Waals surface area contributed by atoms with Crippen LogP contribution in [0.15, 0.2) is 78.9 Å². The first-order valence-electron chi connectivity index (χ1n) is 9.08. The van der Waals surface area contributed by atoms with Crippen LogP contribution in [0.5, 0.6) is 5.75 Å². The van der Waals surface area contributed by atoms with Crippen molar-refractivity contribution in [3.8, 4) is 17.6 Å². The summed E-state index contributed by atoms with van der Waals surface area (Å²) < 4.78 is 5.33. The SMILES string of the molecule is COc1ccccc1CCNC(=O)Nc1cccc(C#Cc2ccccc2)c1. The molecule has 0 aliphatic rings. The van der Waals surface area contributed by atoms with Gasteiger partial charge in [0.05, 0.1) is 7.11 Å². The third-order valence-corrected chi connectivity index (χ3v) is 4.12. The van der Waals surface area contributed by atoms with Crippen molar-refractivity contribution in [1.29, 1.82) is 0 Å². The Kier molecular flexibility index (Phi) is 6.70. The van der Waals surface area contributed by atoms with E-state index in [0.717, 1.165) is 22.4 Å². The number of rotatable bonds is 5. The zero-order valence-electron chi connectivity index (χ0n) is 15.7. The second kappa shape index (κ2) is 9.84. The number of hydrogen-bond donors (Lipinski definition) is 2. The summed E-state index contributed by atoms with van der Waals surface area (Å²) in [6.07, 6.45) is 0.694. The van der Waals surface area contributed by atoms with E-state index in [9.17, 15) is 4.79 Å². The number of anilines is 1. The molecule has 0 aromatic heterocycles. The van der Waals surface area contributed by atoms with E-state index in [4.69, 9.17) is 4.74 Å². The minimum atomic E-state index is -0.247. The lowest BCUT2D eigenvalue weighted by atomic mass is 10.1. The van der Waals surface area contributed by atoms with E-state index >= 15 is 0 Å². The molecule has 0 aliphatic carbocycles. The van der Waals surface area contributed by atoms with Gasteiger partial charge in [0.25, 0.3) is 0 Å². The van der Waals surface area contributed by atoms with Gasteiger partial charge < -0.3 is 15.4 Å². The molecule has 3 aromatic carbocycles. The lowest BCUT2D eigenvalue weighted by molar-refractivity contribution is 0.252. The Morgan fingerprint density at radius 1 is 0.893 bits per heavy atom. The molecule has 0 atom stereocenters. The molecule has 4 nitrogen and oxygen atoms in total. The fourth-order valence-electron chi connectivity index (χ4n) is 2.74. The highest BCUT2D eigenvalue weighted by Gasteiger charge is 2.04. The van der Waals surface area contributed by atoms with Crippen molar-refractivity contribution in [2.24, 2.45) is 0 Å². The summed E-state index contributed by atoms with van der Waals surface area (Å²) in [4.78, 5) is 12.2. The summed E-state index contributed by atoms with van der Waals surface area (Å²) in [6.45, 7) is 0.514. The van der Waals surface area contributed by atoms with E-state index < -0.39 is 0 Å². The van der Waals surface area contributed by atoms with E-state index in [1.165, 1.54) is 0 Å². The van der Waals surface area contributed by atoms with Gasteiger partial charge in [0.1, 0.15) is 5.75 Å². The molecule has 3 rings (SSSR count). The van der Waals surface area contributed by atoms with Crippen LogP contribution in [0.25, 0.3) is 0 Å². The Hall–Kier alpha value is -3.71. The van der Waals surface area contributed by atoms with Crippen molar-refractivity contribution in [3.05, 3.63) is 95.6 Å². The third-order valence-electron chi connectivity index (χ3n) is 4.12. The molecule has 0 fully saturated rings. The van der Waals surface area contributed by atoms with Crippen molar-refractivity contribution in [2.45, 2.75) is 6.42 Å². The van der Waals surface area contributed by atoms with Gasteiger partial charge in [-0.1, -0.05) is 54.3 Å². The van der Waals surface area contributed by atoms with E-state index in [1.54, 1.807) is 7.11 Å². The fraction of sp³-hybridized carbons (Fsp3) is 0.125. The van der Waals surface area contributed by atoms with Crippen molar-refractivity contribution in [3.63, 3.8) is 0 Å². The van der Waals surface area contributed by atoms with Crippen molar-refractivity contribution < 1.29 is 9.53 Å². The summed E-state index contributed by atoms with van der Waals surface area (Å²) in [5.74, 6) is 7.06. The highest BCUT2D eigenvalue weighted by atomic mass is 16.5. The molecular weight excluding hydrogens is 348 g/mol. The van der Waals surface area contributed by atoms with E-state index in [0.29, 0.717) is 18.7 Å². The monoisotopic (exact) mass is 370 g/mol. The van der Waals surface area contributed by atoms with E-state index in [-0.39, 0.29) is 6.03 Å². The van der Waals surface area contributed by atoms with Crippen LogP contribution in [-0.2, 0) is 6.42 Å². The highest BCUT2D eigenvalue weighted by molar-refractivity contribution is 5.89. The van der Waals surface area contributed by atoms with Crippen LogP contribution in [0, 0.1) is 11.8 Å². The van der Waals surface area contributed by atoms with Gasteiger partial charge >= 0.3 is 6.03 Å². The van der Waals surface area contributed by atoms with E-state index in [1.807, 2.05) is 78.9 Å². The first-order valence-corrected chi connectivity index (χ1v) is 9.08. The molecule has 0 aliphatic heterocycles. The lowest BCUT2D eigenvalue weighted by Crippen LogP contribution is -2.30.